The van der Waals surface area contributed by atoms with Crippen LogP contribution in [0.4, 0.5) is 0 Å². The Kier molecular flexibility index (Phi) is 38.9. The highest BCUT2D eigenvalue weighted by molar-refractivity contribution is 5.71. The lowest BCUT2D eigenvalue weighted by molar-refractivity contribution is -0.167. The van der Waals surface area contributed by atoms with Gasteiger partial charge in [0.05, 0.1) is 0 Å². The van der Waals surface area contributed by atoms with Gasteiger partial charge in [-0.15, -0.1) is 0 Å². The van der Waals surface area contributed by atoms with Crippen LogP contribution in [0.1, 0.15) is 253 Å². The van der Waals surface area contributed by atoms with Crippen LogP contribution in [0.25, 0.3) is 0 Å². The van der Waals surface area contributed by atoms with Crippen molar-refractivity contribution in [2.75, 3.05) is 13.2 Å². The lowest BCUT2D eigenvalue weighted by atomic mass is 10.0. The van der Waals surface area contributed by atoms with Crippen LogP contribution >= 0.6 is 0 Å². The first-order valence-corrected chi connectivity index (χ1v) is 23.2. The van der Waals surface area contributed by atoms with Gasteiger partial charge in [0, 0.05) is 19.3 Å². The summed E-state index contributed by atoms with van der Waals surface area (Å²) in [4.78, 5) is 37.5. The fraction of sp³-hybridized carbons (Fsp3) is 0.936. The van der Waals surface area contributed by atoms with E-state index in [1.165, 1.54) is 135 Å². The summed E-state index contributed by atoms with van der Waals surface area (Å²) in [6.07, 6.45) is 38.4. The SMILES string of the molecule is CCCCCCCC(=O)OC[C@@H](COC(=O)CCCCCCCCCCCC(C)C)OC(=O)CCCCCCCCCCCCCCCCCC(C)C. The monoisotopic (exact) mass is 751 g/mol. The van der Waals surface area contributed by atoms with Crippen LogP contribution in [0.15, 0.2) is 0 Å². The molecule has 0 unspecified atom stereocenters. The van der Waals surface area contributed by atoms with E-state index in [9.17, 15) is 14.4 Å². The van der Waals surface area contributed by atoms with E-state index in [0.29, 0.717) is 19.3 Å². The first-order valence-electron chi connectivity index (χ1n) is 23.2. The average Bonchev–Trinajstić information content (AvgIpc) is 3.12. The molecule has 0 saturated carbocycles. The van der Waals surface area contributed by atoms with E-state index in [0.717, 1.165) is 76.0 Å². The zero-order valence-electron chi connectivity index (χ0n) is 36.1. The number of carbonyl (C=O) groups excluding carboxylic acids is 3. The van der Waals surface area contributed by atoms with Gasteiger partial charge in [-0.3, -0.25) is 14.4 Å². The summed E-state index contributed by atoms with van der Waals surface area (Å²) in [6, 6.07) is 0. The Bertz CT molecular complexity index is 809. The third-order valence-electron chi connectivity index (χ3n) is 10.5. The molecule has 0 aliphatic rings. The van der Waals surface area contributed by atoms with Crippen LogP contribution in [0.5, 0.6) is 0 Å². The Hall–Kier alpha value is -1.59. The van der Waals surface area contributed by atoms with Crippen LogP contribution in [0, 0.1) is 11.8 Å². The number of carbonyl (C=O) groups is 3. The standard InChI is InChI=1S/C47H90O6/c1-6-7-8-25-32-37-45(48)51-40-44(41-52-46(49)38-33-28-23-20-16-18-22-27-31-36-43(4)5)53-47(50)39-34-29-24-19-15-13-11-9-10-12-14-17-21-26-30-35-42(2)3/h42-44H,6-41H2,1-5H3/t44-/m0/s1. The maximum absolute atomic E-state index is 12.7. The zero-order chi connectivity index (χ0) is 39.0. The number of unbranched alkanes of at least 4 members (excludes halogenated alkanes) is 26. The third kappa shape index (κ3) is 41.4. The van der Waals surface area contributed by atoms with Crippen LogP contribution in [0.2, 0.25) is 0 Å². The average molecular weight is 751 g/mol. The number of rotatable bonds is 41. The lowest BCUT2D eigenvalue weighted by Crippen LogP contribution is -2.30. The predicted molar refractivity (Wildman–Crippen MR) is 224 cm³/mol. The molecule has 6 nitrogen and oxygen atoms in total. The number of ether oxygens (including phenoxy) is 3. The molecule has 0 aromatic heterocycles. The summed E-state index contributed by atoms with van der Waals surface area (Å²) in [5, 5.41) is 0. The van der Waals surface area contributed by atoms with Crippen molar-refractivity contribution in [1.29, 1.82) is 0 Å². The highest BCUT2D eigenvalue weighted by Gasteiger charge is 2.19. The van der Waals surface area contributed by atoms with Crippen molar-refractivity contribution in [1.82, 2.24) is 0 Å². The Balaban J connectivity index is 4.15. The van der Waals surface area contributed by atoms with Crippen molar-refractivity contribution in [3.05, 3.63) is 0 Å². The molecule has 0 saturated heterocycles. The summed E-state index contributed by atoms with van der Waals surface area (Å²) in [7, 11) is 0. The van der Waals surface area contributed by atoms with Crippen LogP contribution < -0.4 is 0 Å². The molecule has 0 spiro atoms. The molecule has 0 aliphatic heterocycles. The second kappa shape index (κ2) is 40.1. The van der Waals surface area contributed by atoms with E-state index in [-0.39, 0.29) is 31.1 Å². The van der Waals surface area contributed by atoms with E-state index < -0.39 is 6.10 Å². The van der Waals surface area contributed by atoms with E-state index in [4.69, 9.17) is 14.2 Å². The summed E-state index contributed by atoms with van der Waals surface area (Å²) in [6.45, 7) is 11.3. The molecule has 1 atom stereocenters. The van der Waals surface area contributed by atoms with E-state index in [1.807, 2.05) is 0 Å². The van der Waals surface area contributed by atoms with Gasteiger partial charge in [-0.1, -0.05) is 214 Å². The maximum Gasteiger partial charge on any atom is 0.306 e. The van der Waals surface area contributed by atoms with Crippen molar-refractivity contribution in [3.8, 4) is 0 Å². The van der Waals surface area contributed by atoms with E-state index in [1.54, 1.807) is 0 Å². The molecule has 0 rings (SSSR count). The molecule has 0 aliphatic carbocycles. The van der Waals surface area contributed by atoms with Crippen molar-refractivity contribution >= 4 is 17.9 Å². The highest BCUT2D eigenvalue weighted by atomic mass is 16.6. The molecule has 53 heavy (non-hydrogen) atoms. The number of hydrogen-bond acceptors (Lipinski definition) is 6. The summed E-state index contributed by atoms with van der Waals surface area (Å²) in [5.74, 6) is 0.786. The topological polar surface area (TPSA) is 78.9 Å². The molecule has 0 amide bonds. The molecule has 0 aromatic carbocycles. The maximum atomic E-state index is 12.7. The second-order valence-electron chi connectivity index (χ2n) is 17.0. The smallest absolute Gasteiger partial charge is 0.306 e. The van der Waals surface area contributed by atoms with Gasteiger partial charge in [-0.25, -0.2) is 0 Å². The fourth-order valence-electron chi connectivity index (χ4n) is 6.93. The van der Waals surface area contributed by atoms with Gasteiger partial charge in [0.25, 0.3) is 0 Å². The van der Waals surface area contributed by atoms with E-state index in [2.05, 4.69) is 34.6 Å². The summed E-state index contributed by atoms with van der Waals surface area (Å²) < 4.78 is 16.6. The lowest BCUT2D eigenvalue weighted by Gasteiger charge is -2.18. The molecule has 0 N–H and O–H groups in total. The van der Waals surface area contributed by atoms with Gasteiger partial charge in [0.2, 0.25) is 0 Å². The molecule has 0 heterocycles. The van der Waals surface area contributed by atoms with Gasteiger partial charge < -0.3 is 14.2 Å². The molecule has 0 bridgehead atoms. The van der Waals surface area contributed by atoms with Crippen LogP contribution in [-0.4, -0.2) is 37.2 Å². The molecule has 0 fully saturated rings. The van der Waals surface area contributed by atoms with Gasteiger partial charge in [0.15, 0.2) is 6.10 Å². The molecule has 0 radical (unpaired) electrons. The minimum atomic E-state index is -0.759. The van der Waals surface area contributed by atoms with Crippen molar-refractivity contribution < 1.29 is 28.6 Å². The summed E-state index contributed by atoms with van der Waals surface area (Å²) in [5.41, 5.74) is 0. The molecular weight excluding hydrogens is 661 g/mol. The van der Waals surface area contributed by atoms with Crippen molar-refractivity contribution in [3.63, 3.8) is 0 Å². The largest absolute Gasteiger partial charge is 0.462 e. The van der Waals surface area contributed by atoms with Crippen molar-refractivity contribution in [2.45, 2.75) is 259 Å². The fourth-order valence-corrected chi connectivity index (χ4v) is 6.93. The van der Waals surface area contributed by atoms with Crippen LogP contribution in [0.3, 0.4) is 0 Å². The molecule has 6 heteroatoms. The summed E-state index contributed by atoms with van der Waals surface area (Å²) >= 11 is 0. The van der Waals surface area contributed by atoms with Gasteiger partial charge in [-0.05, 0) is 31.1 Å². The van der Waals surface area contributed by atoms with Gasteiger partial charge >= 0.3 is 17.9 Å². The predicted octanol–water partition coefficient (Wildman–Crippen LogP) is 14.6. The number of hydrogen-bond donors (Lipinski definition) is 0. The minimum Gasteiger partial charge on any atom is -0.462 e. The third-order valence-corrected chi connectivity index (χ3v) is 10.5. The first-order chi connectivity index (χ1) is 25.7. The first kappa shape index (κ1) is 51.4. The zero-order valence-corrected chi connectivity index (χ0v) is 36.1. The Labute approximate surface area is 329 Å². The molecule has 314 valence electrons. The number of esters is 3. The normalized spacial score (nSPS) is 12.1. The Morgan fingerprint density at radius 2 is 0.623 bits per heavy atom. The van der Waals surface area contributed by atoms with Gasteiger partial charge in [0.1, 0.15) is 13.2 Å². The van der Waals surface area contributed by atoms with Crippen LogP contribution in [-0.2, 0) is 28.6 Å². The van der Waals surface area contributed by atoms with Crippen molar-refractivity contribution in [2.24, 2.45) is 11.8 Å². The molecular formula is C47H90O6. The molecule has 0 aromatic rings. The van der Waals surface area contributed by atoms with E-state index >= 15 is 0 Å². The Morgan fingerprint density at radius 3 is 0.925 bits per heavy atom. The highest BCUT2D eigenvalue weighted by Crippen LogP contribution is 2.17. The second-order valence-corrected chi connectivity index (χ2v) is 17.0. The Morgan fingerprint density at radius 1 is 0.358 bits per heavy atom. The minimum absolute atomic E-state index is 0.0659. The van der Waals surface area contributed by atoms with Gasteiger partial charge in [-0.2, -0.15) is 0 Å². The quantitative estimate of drug-likeness (QED) is 0.0352.